The van der Waals surface area contributed by atoms with Crippen molar-refractivity contribution in [2.45, 2.75) is 26.3 Å². The van der Waals surface area contributed by atoms with Crippen molar-refractivity contribution in [3.8, 4) is 0 Å². The molecule has 18 heavy (non-hydrogen) atoms. The molecule has 0 aromatic heterocycles. The van der Waals surface area contributed by atoms with Crippen LogP contribution in [0.15, 0.2) is 12.1 Å². The number of nitrogens with one attached hydrogen (secondary N) is 2. The minimum atomic E-state index is -0.767. The van der Waals surface area contributed by atoms with Crippen LogP contribution in [-0.4, -0.2) is 18.5 Å². The van der Waals surface area contributed by atoms with E-state index in [9.17, 15) is 13.6 Å². The largest absolute Gasteiger partial charge is 0.399 e. The summed E-state index contributed by atoms with van der Waals surface area (Å²) < 4.78 is 26.7. The predicted molar refractivity (Wildman–Crippen MR) is 67.2 cm³/mol. The van der Waals surface area contributed by atoms with Crippen LogP contribution in [0.1, 0.15) is 20.3 Å². The SMILES string of the molecule is CC(C)NC(=O)CCNc1c(F)cc(N)cc1F. The quantitative estimate of drug-likeness (QED) is 0.705. The van der Waals surface area contributed by atoms with Crippen LogP contribution >= 0.6 is 0 Å². The van der Waals surface area contributed by atoms with Gasteiger partial charge in [0, 0.05) is 24.7 Å². The molecule has 0 atom stereocenters. The Morgan fingerprint density at radius 3 is 2.39 bits per heavy atom. The third kappa shape index (κ3) is 4.20. The maximum absolute atomic E-state index is 13.4. The van der Waals surface area contributed by atoms with Crippen LogP contribution in [0, 0.1) is 11.6 Å². The van der Waals surface area contributed by atoms with E-state index in [1.54, 1.807) is 0 Å². The Morgan fingerprint density at radius 2 is 1.89 bits per heavy atom. The van der Waals surface area contributed by atoms with Gasteiger partial charge in [-0.15, -0.1) is 0 Å². The van der Waals surface area contributed by atoms with E-state index >= 15 is 0 Å². The topological polar surface area (TPSA) is 67.2 Å². The highest BCUT2D eigenvalue weighted by Crippen LogP contribution is 2.21. The van der Waals surface area contributed by atoms with Gasteiger partial charge in [-0.25, -0.2) is 8.78 Å². The maximum atomic E-state index is 13.4. The summed E-state index contributed by atoms with van der Waals surface area (Å²) in [5, 5.41) is 5.23. The molecule has 0 fully saturated rings. The molecule has 0 heterocycles. The van der Waals surface area contributed by atoms with Gasteiger partial charge < -0.3 is 16.4 Å². The summed E-state index contributed by atoms with van der Waals surface area (Å²) in [5.41, 5.74) is 5.05. The molecule has 0 saturated carbocycles. The molecule has 0 aliphatic rings. The number of halogens is 2. The van der Waals surface area contributed by atoms with Gasteiger partial charge in [-0.05, 0) is 26.0 Å². The molecule has 0 radical (unpaired) electrons. The van der Waals surface area contributed by atoms with E-state index in [1.807, 2.05) is 13.8 Å². The zero-order valence-corrected chi connectivity index (χ0v) is 10.4. The molecule has 1 rings (SSSR count). The molecule has 0 aliphatic heterocycles. The number of rotatable bonds is 5. The Hall–Kier alpha value is -1.85. The highest BCUT2D eigenvalue weighted by atomic mass is 19.1. The number of nitrogens with two attached hydrogens (primary N) is 1. The lowest BCUT2D eigenvalue weighted by Crippen LogP contribution is -2.31. The van der Waals surface area contributed by atoms with Gasteiger partial charge in [0.2, 0.25) is 5.91 Å². The second kappa shape index (κ2) is 6.18. The molecule has 4 N–H and O–H groups in total. The molecular weight excluding hydrogens is 240 g/mol. The van der Waals surface area contributed by atoms with Crippen molar-refractivity contribution < 1.29 is 13.6 Å². The van der Waals surface area contributed by atoms with Gasteiger partial charge in [0.25, 0.3) is 0 Å². The summed E-state index contributed by atoms with van der Waals surface area (Å²) in [5.74, 6) is -1.71. The number of nitrogen functional groups attached to an aromatic ring is 1. The summed E-state index contributed by atoms with van der Waals surface area (Å²) >= 11 is 0. The Morgan fingerprint density at radius 1 is 1.33 bits per heavy atom. The van der Waals surface area contributed by atoms with Crippen molar-refractivity contribution >= 4 is 17.3 Å². The number of amides is 1. The normalized spacial score (nSPS) is 10.5. The molecule has 1 amide bonds. The first kappa shape index (κ1) is 14.2. The van der Waals surface area contributed by atoms with Gasteiger partial charge in [-0.1, -0.05) is 0 Å². The van der Waals surface area contributed by atoms with Crippen molar-refractivity contribution in [3.63, 3.8) is 0 Å². The van der Waals surface area contributed by atoms with Crippen molar-refractivity contribution in [2.24, 2.45) is 0 Å². The van der Waals surface area contributed by atoms with Crippen molar-refractivity contribution in [1.29, 1.82) is 0 Å². The second-order valence-electron chi connectivity index (χ2n) is 4.26. The van der Waals surface area contributed by atoms with E-state index in [0.29, 0.717) is 0 Å². The third-order valence-electron chi connectivity index (χ3n) is 2.17. The zero-order valence-electron chi connectivity index (χ0n) is 10.4. The number of hydrogen-bond donors (Lipinski definition) is 3. The maximum Gasteiger partial charge on any atom is 0.221 e. The van der Waals surface area contributed by atoms with Gasteiger partial charge in [0.05, 0.1) is 0 Å². The summed E-state index contributed by atoms with van der Waals surface area (Å²) in [7, 11) is 0. The number of carbonyl (C=O) groups excluding carboxylic acids is 1. The summed E-state index contributed by atoms with van der Waals surface area (Å²) in [6.45, 7) is 3.82. The summed E-state index contributed by atoms with van der Waals surface area (Å²) in [6, 6.07) is 2.10. The van der Waals surface area contributed by atoms with Crippen LogP contribution < -0.4 is 16.4 Å². The van der Waals surface area contributed by atoms with Crippen LogP contribution in [0.3, 0.4) is 0 Å². The van der Waals surface area contributed by atoms with Gasteiger partial charge in [-0.3, -0.25) is 4.79 Å². The van der Waals surface area contributed by atoms with Crippen molar-refractivity contribution in [2.75, 3.05) is 17.6 Å². The minimum absolute atomic E-state index is 0.0214. The van der Waals surface area contributed by atoms with Crippen LogP contribution in [-0.2, 0) is 4.79 Å². The molecule has 0 saturated heterocycles. The Bertz CT molecular complexity index is 412. The van der Waals surface area contributed by atoms with E-state index in [4.69, 9.17) is 5.73 Å². The fourth-order valence-corrected chi connectivity index (χ4v) is 1.46. The van der Waals surface area contributed by atoms with Crippen LogP contribution in [0.4, 0.5) is 20.2 Å². The lowest BCUT2D eigenvalue weighted by Gasteiger charge is -2.11. The van der Waals surface area contributed by atoms with E-state index in [1.165, 1.54) is 0 Å². The molecule has 1 aromatic carbocycles. The molecule has 6 heteroatoms. The smallest absolute Gasteiger partial charge is 0.221 e. The second-order valence-corrected chi connectivity index (χ2v) is 4.26. The number of hydrogen-bond acceptors (Lipinski definition) is 3. The molecule has 0 unspecified atom stereocenters. The molecule has 0 bridgehead atoms. The first-order valence-corrected chi connectivity index (χ1v) is 5.68. The first-order chi connectivity index (χ1) is 8.40. The van der Waals surface area contributed by atoms with E-state index in [-0.39, 0.29) is 36.3 Å². The number of carbonyl (C=O) groups is 1. The van der Waals surface area contributed by atoms with Crippen molar-refractivity contribution in [1.82, 2.24) is 5.32 Å². The average molecular weight is 257 g/mol. The van der Waals surface area contributed by atoms with Crippen LogP contribution in [0.5, 0.6) is 0 Å². The average Bonchev–Trinajstić information content (AvgIpc) is 2.20. The lowest BCUT2D eigenvalue weighted by atomic mass is 10.2. The molecule has 0 aliphatic carbocycles. The fraction of sp³-hybridized carbons (Fsp3) is 0.417. The van der Waals surface area contributed by atoms with E-state index in [2.05, 4.69) is 10.6 Å². The van der Waals surface area contributed by atoms with Gasteiger partial charge >= 0.3 is 0 Å². The molecule has 4 nitrogen and oxygen atoms in total. The molecule has 1 aromatic rings. The zero-order chi connectivity index (χ0) is 13.7. The lowest BCUT2D eigenvalue weighted by molar-refractivity contribution is -0.121. The molecule has 0 spiro atoms. The molecule has 100 valence electrons. The summed E-state index contributed by atoms with van der Waals surface area (Å²) in [4.78, 5) is 11.3. The Balaban J connectivity index is 2.52. The molecular formula is C12H17F2N3O. The van der Waals surface area contributed by atoms with Crippen LogP contribution in [0.2, 0.25) is 0 Å². The van der Waals surface area contributed by atoms with Crippen LogP contribution in [0.25, 0.3) is 0 Å². The monoisotopic (exact) mass is 257 g/mol. The third-order valence-corrected chi connectivity index (χ3v) is 2.17. The number of anilines is 2. The Kier molecular flexibility index (Phi) is 4.88. The standard InChI is InChI=1S/C12H17F2N3O/c1-7(2)17-11(18)3-4-16-12-9(13)5-8(15)6-10(12)14/h5-7,16H,3-4,15H2,1-2H3,(H,17,18). The van der Waals surface area contributed by atoms with Gasteiger partial charge in [-0.2, -0.15) is 0 Å². The highest BCUT2D eigenvalue weighted by Gasteiger charge is 2.10. The minimum Gasteiger partial charge on any atom is -0.399 e. The van der Waals surface area contributed by atoms with E-state index in [0.717, 1.165) is 12.1 Å². The Labute approximate surface area is 105 Å². The van der Waals surface area contributed by atoms with Gasteiger partial charge in [0.15, 0.2) is 11.6 Å². The predicted octanol–water partition coefficient (Wildman–Crippen LogP) is 1.87. The first-order valence-electron chi connectivity index (χ1n) is 5.68. The van der Waals surface area contributed by atoms with E-state index < -0.39 is 11.6 Å². The van der Waals surface area contributed by atoms with Crippen molar-refractivity contribution in [3.05, 3.63) is 23.8 Å². The number of benzene rings is 1. The summed E-state index contributed by atoms with van der Waals surface area (Å²) in [6.07, 6.45) is 0.140. The fourth-order valence-electron chi connectivity index (χ4n) is 1.46. The van der Waals surface area contributed by atoms with Gasteiger partial charge in [0.1, 0.15) is 5.69 Å². The highest BCUT2D eigenvalue weighted by molar-refractivity contribution is 5.76.